The van der Waals surface area contributed by atoms with Crippen LogP contribution in [0.1, 0.15) is 23.2 Å². The van der Waals surface area contributed by atoms with Crippen LogP contribution in [0.15, 0.2) is 42.6 Å². The number of piperazine rings is 1. The van der Waals surface area contributed by atoms with Crippen molar-refractivity contribution in [3.05, 3.63) is 58.2 Å². The molecule has 1 unspecified atom stereocenters. The molecule has 3 heterocycles. The minimum absolute atomic E-state index is 0.0293. The highest BCUT2D eigenvalue weighted by atomic mass is 35.5. The molecule has 2 aromatic rings. The van der Waals surface area contributed by atoms with Crippen molar-refractivity contribution in [2.24, 2.45) is 0 Å². The van der Waals surface area contributed by atoms with E-state index in [9.17, 15) is 9.59 Å². The lowest BCUT2D eigenvalue weighted by atomic mass is 10.1. The van der Waals surface area contributed by atoms with E-state index in [1.54, 1.807) is 29.3 Å². The van der Waals surface area contributed by atoms with Crippen molar-refractivity contribution in [3.8, 4) is 0 Å². The van der Waals surface area contributed by atoms with Gasteiger partial charge in [0.2, 0.25) is 5.91 Å². The summed E-state index contributed by atoms with van der Waals surface area (Å²) in [7, 11) is 0. The van der Waals surface area contributed by atoms with Gasteiger partial charge in [0.05, 0.1) is 10.0 Å². The zero-order valence-corrected chi connectivity index (χ0v) is 17.4. The van der Waals surface area contributed by atoms with Crippen molar-refractivity contribution in [3.63, 3.8) is 0 Å². The molecular weight excluding hydrogens is 411 g/mol. The zero-order chi connectivity index (χ0) is 20.4. The first-order chi connectivity index (χ1) is 14.0. The number of carbonyl (C=O) groups is 2. The van der Waals surface area contributed by atoms with Crippen molar-refractivity contribution in [1.29, 1.82) is 0 Å². The maximum Gasteiger partial charge on any atom is 0.254 e. The van der Waals surface area contributed by atoms with Gasteiger partial charge in [-0.3, -0.25) is 9.59 Å². The molecule has 0 spiro atoms. The molecule has 29 heavy (non-hydrogen) atoms. The minimum Gasteiger partial charge on any atom is -0.352 e. The first-order valence-corrected chi connectivity index (χ1v) is 10.5. The highest BCUT2D eigenvalue weighted by molar-refractivity contribution is 6.36. The molecule has 2 aliphatic heterocycles. The van der Waals surface area contributed by atoms with E-state index < -0.39 is 0 Å². The molecule has 0 radical (unpaired) electrons. The summed E-state index contributed by atoms with van der Waals surface area (Å²) >= 11 is 12.2. The SMILES string of the molecule is O=C(C1CCCN1C(=O)c1ccccc1)N1CCN(c2ncc(Cl)cc2Cl)CC1. The molecule has 6 nitrogen and oxygen atoms in total. The molecule has 4 rings (SSSR count). The number of aromatic nitrogens is 1. The average Bonchev–Trinajstić information content (AvgIpc) is 3.23. The maximum atomic E-state index is 13.2. The van der Waals surface area contributed by atoms with Gasteiger partial charge in [0, 0.05) is 44.5 Å². The van der Waals surface area contributed by atoms with Crippen LogP contribution < -0.4 is 4.90 Å². The number of halogens is 2. The third-order valence-electron chi connectivity index (χ3n) is 5.50. The lowest BCUT2D eigenvalue weighted by Crippen LogP contribution is -2.54. The Labute approximate surface area is 180 Å². The number of rotatable bonds is 3. The van der Waals surface area contributed by atoms with Gasteiger partial charge in [-0.05, 0) is 31.0 Å². The number of nitrogens with zero attached hydrogens (tertiary/aromatic N) is 4. The van der Waals surface area contributed by atoms with Crippen LogP contribution in [0.2, 0.25) is 10.0 Å². The summed E-state index contributed by atoms with van der Waals surface area (Å²) in [6, 6.07) is 10.4. The molecule has 152 valence electrons. The number of carbonyl (C=O) groups excluding carboxylic acids is 2. The third-order valence-corrected chi connectivity index (χ3v) is 5.98. The summed E-state index contributed by atoms with van der Waals surface area (Å²) in [5.74, 6) is 0.642. The second-order valence-corrected chi connectivity index (χ2v) is 8.14. The fourth-order valence-corrected chi connectivity index (χ4v) is 4.50. The molecule has 1 atom stereocenters. The van der Waals surface area contributed by atoms with Crippen molar-refractivity contribution < 1.29 is 9.59 Å². The van der Waals surface area contributed by atoms with Crippen LogP contribution in [0.4, 0.5) is 5.82 Å². The van der Waals surface area contributed by atoms with Crippen LogP contribution in [0, 0.1) is 0 Å². The Balaban J connectivity index is 1.40. The van der Waals surface area contributed by atoms with E-state index in [-0.39, 0.29) is 17.9 Å². The zero-order valence-electron chi connectivity index (χ0n) is 15.9. The summed E-state index contributed by atoms with van der Waals surface area (Å²) in [5.41, 5.74) is 0.625. The van der Waals surface area contributed by atoms with Gasteiger partial charge in [0.25, 0.3) is 5.91 Å². The van der Waals surface area contributed by atoms with E-state index >= 15 is 0 Å². The first-order valence-electron chi connectivity index (χ1n) is 9.75. The molecule has 2 saturated heterocycles. The van der Waals surface area contributed by atoms with E-state index in [0.29, 0.717) is 60.6 Å². The second-order valence-electron chi connectivity index (χ2n) is 7.29. The maximum absolute atomic E-state index is 13.2. The van der Waals surface area contributed by atoms with Crippen LogP contribution in [-0.2, 0) is 4.79 Å². The Bertz CT molecular complexity index is 901. The first kappa shape index (κ1) is 20.0. The Hall–Kier alpha value is -2.31. The van der Waals surface area contributed by atoms with E-state index in [1.165, 1.54) is 0 Å². The molecule has 2 amide bonds. The smallest absolute Gasteiger partial charge is 0.254 e. The summed E-state index contributed by atoms with van der Waals surface area (Å²) < 4.78 is 0. The highest BCUT2D eigenvalue weighted by Gasteiger charge is 2.37. The van der Waals surface area contributed by atoms with Gasteiger partial charge >= 0.3 is 0 Å². The second kappa shape index (κ2) is 8.59. The number of likely N-dealkylation sites (tertiary alicyclic amines) is 1. The van der Waals surface area contributed by atoms with Gasteiger partial charge in [0.15, 0.2) is 0 Å². The normalized spacial score (nSPS) is 19.5. The Morgan fingerprint density at radius 1 is 1.00 bits per heavy atom. The molecule has 0 N–H and O–H groups in total. The Morgan fingerprint density at radius 2 is 1.72 bits per heavy atom. The fourth-order valence-electron chi connectivity index (χ4n) is 4.00. The number of amides is 2. The predicted octanol–water partition coefficient (Wildman–Crippen LogP) is 3.34. The predicted molar refractivity (Wildman–Crippen MR) is 114 cm³/mol. The lowest BCUT2D eigenvalue weighted by Gasteiger charge is -2.38. The summed E-state index contributed by atoms with van der Waals surface area (Å²) in [4.78, 5) is 36.0. The Kier molecular flexibility index (Phi) is 5.92. The molecule has 0 bridgehead atoms. The van der Waals surface area contributed by atoms with Gasteiger partial charge in [-0.1, -0.05) is 41.4 Å². The van der Waals surface area contributed by atoms with E-state index in [0.717, 1.165) is 6.42 Å². The summed E-state index contributed by atoms with van der Waals surface area (Å²) in [6.45, 7) is 3.04. The van der Waals surface area contributed by atoms with Crippen LogP contribution in [0.3, 0.4) is 0 Å². The molecule has 2 aliphatic rings. The van der Waals surface area contributed by atoms with Crippen LogP contribution in [0.5, 0.6) is 0 Å². The molecular formula is C21H22Cl2N4O2. The van der Waals surface area contributed by atoms with Crippen LogP contribution in [-0.4, -0.2) is 65.4 Å². The average molecular weight is 433 g/mol. The standard InChI is InChI=1S/C21H22Cl2N4O2/c22-16-13-17(23)19(24-14-16)25-9-11-26(12-10-25)21(29)18-7-4-8-27(18)20(28)15-5-2-1-3-6-15/h1-3,5-6,13-14,18H,4,7-12H2. The number of pyridine rings is 1. The number of benzene rings is 1. The van der Waals surface area contributed by atoms with Gasteiger partial charge in [-0.2, -0.15) is 0 Å². The molecule has 0 saturated carbocycles. The summed E-state index contributed by atoms with van der Waals surface area (Å²) in [5, 5.41) is 1.00. The molecule has 1 aromatic carbocycles. The minimum atomic E-state index is -0.383. The quantitative estimate of drug-likeness (QED) is 0.745. The van der Waals surface area contributed by atoms with Gasteiger partial charge < -0.3 is 14.7 Å². The van der Waals surface area contributed by atoms with Crippen molar-refractivity contribution in [1.82, 2.24) is 14.8 Å². The van der Waals surface area contributed by atoms with Crippen molar-refractivity contribution in [2.45, 2.75) is 18.9 Å². The largest absolute Gasteiger partial charge is 0.352 e. The molecule has 0 aliphatic carbocycles. The van der Waals surface area contributed by atoms with Crippen LogP contribution in [0.25, 0.3) is 0 Å². The number of hydrogen-bond acceptors (Lipinski definition) is 4. The van der Waals surface area contributed by atoms with Crippen LogP contribution >= 0.6 is 23.2 Å². The topological polar surface area (TPSA) is 56.8 Å². The van der Waals surface area contributed by atoms with Crippen molar-refractivity contribution in [2.75, 3.05) is 37.6 Å². The highest BCUT2D eigenvalue weighted by Crippen LogP contribution is 2.28. The Morgan fingerprint density at radius 3 is 2.41 bits per heavy atom. The monoisotopic (exact) mass is 432 g/mol. The van der Waals surface area contributed by atoms with E-state index in [1.807, 2.05) is 23.1 Å². The van der Waals surface area contributed by atoms with E-state index in [2.05, 4.69) is 9.88 Å². The van der Waals surface area contributed by atoms with Crippen molar-refractivity contribution >= 4 is 40.8 Å². The van der Waals surface area contributed by atoms with Gasteiger partial charge in [-0.15, -0.1) is 0 Å². The molecule has 1 aromatic heterocycles. The third kappa shape index (κ3) is 4.19. The van der Waals surface area contributed by atoms with Gasteiger partial charge in [0.1, 0.15) is 11.9 Å². The molecule has 2 fully saturated rings. The molecule has 8 heteroatoms. The number of anilines is 1. The van der Waals surface area contributed by atoms with E-state index in [4.69, 9.17) is 23.2 Å². The lowest BCUT2D eigenvalue weighted by molar-refractivity contribution is -0.135. The number of hydrogen-bond donors (Lipinski definition) is 0. The van der Waals surface area contributed by atoms with Gasteiger partial charge in [-0.25, -0.2) is 4.98 Å². The summed E-state index contributed by atoms with van der Waals surface area (Å²) in [6.07, 6.45) is 3.13. The fraction of sp³-hybridized carbons (Fsp3) is 0.381.